The molecule has 0 bridgehead atoms. The van der Waals surface area contributed by atoms with Gasteiger partial charge in [0.25, 0.3) is 0 Å². The second kappa shape index (κ2) is 64.0. The first kappa shape index (κ1) is 79.0. The number of esters is 2. The van der Waals surface area contributed by atoms with Crippen molar-refractivity contribution in [1.82, 2.24) is 0 Å². The molecule has 9 heteroatoms. The van der Waals surface area contributed by atoms with Gasteiger partial charge in [-0.2, -0.15) is 0 Å². The van der Waals surface area contributed by atoms with Gasteiger partial charge in [-0.25, -0.2) is 0 Å². The van der Waals surface area contributed by atoms with Crippen LogP contribution in [0.25, 0.3) is 0 Å². The van der Waals surface area contributed by atoms with E-state index >= 15 is 0 Å². The number of hydrogen-bond acceptors (Lipinski definition) is 8. The third-order valence-corrected chi connectivity index (χ3v) is 16.5. The highest BCUT2D eigenvalue weighted by Crippen LogP contribution is 2.19. The minimum atomic E-state index is -1.62. The fraction of sp³-hybridized carbons (Fsp3) is 0.931. The number of nitrogens with zero attached hydrogens (tertiary/aromatic N) is 1. The van der Waals surface area contributed by atoms with Gasteiger partial charge in [0.2, 0.25) is 0 Å². The second-order valence-electron chi connectivity index (χ2n) is 25.9. The number of aliphatic carboxylic acids is 1. The van der Waals surface area contributed by atoms with Crippen molar-refractivity contribution in [3.8, 4) is 0 Å². The van der Waals surface area contributed by atoms with E-state index in [2.05, 4.69) is 26.0 Å². The van der Waals surface area contributed by atoms with Crippen LogP contribution in [0.5, 0.6) is 0 Å². The topological polar surface area (TPSA) is 111 Å². The third kappa shape index (κ3) is 65.4. The van der Waals surface area contributed by atoms with Crippen LogP contribution in [-0.4, -0.2) is 82.3 Å². The average Bonchev–Trinajstić information content (AvgIpc) is 3.44. The zero-order valence-electron chi connectivity index (χ0n) is 54.9. The smallest absolute Gasteiger partial charge is 0.306 e. The van der Waals surface area contributed by atoms with Crippen molar-refractivity contribution in [2.45, 2.75) is 386 Å². The number of carbonyl (C=O) groups excluding carboxylic acids is 3. The Labute approximate surface area is 504 Å². The molecule has 0 aliphatic heterocycles. The molecule has 9 nitrogen and oxygen atoms in total. The number of allylic oxidation sites excluding steroid dienone is 2. The minimum Gasteiger partial charge on any atom is -0.545 e. The van der Waals surface area contributed by atoms with Crippen LogP contribution in [-0.2, 0) is 33.3 Å². The lowest BCUT2D eigenvalue weighted by atomic mass is 10.0. The maximum atomic E-state index is 12.9. The number of carboxylic acids is 1. The molecular weight excluding hydrogens is 1010 g/mol. The zero-order chi connectivity index (χ0) is 59.1. The summed E-state index contributed by atoms with van der Waals surface area (Å²) in [5, 5.41) is 11.8. The van der Waals surface area contributed by atoms with Gasteiger partial charge >= 0.3 is 11.9 Å². The van der Waals surface area contributed by atoms with E-state index in [9.17, 15) is 19.5 Å². The molecule has 81 heavy (non-hydrogen) atoms. The molecule has 0 aliphatic carbocycles. The van der Waals surface area contributed by atoms with Gasteiger partial charge in [-0.05, 0) is 38.5 Å². The van der Waals surface area contributed by atoms with Gasteiger partial charge in [0.05, 0.1) is 40.3 Å². The molecule has 2 unspecified atom stereocenters. The molecule has 0 aliphatic rings. The molecule has 0 amide bonds. The number of carbonyl (C=O) groups is 3. The van der Waals surface area contributed by atoms with E-state index < -0.39 is 24.3 Å². The fourth-order valence-electron chi connectivity index (χ4n) is 11.0. The van der Waals surface area contributed by atoms with E-state index in [4.69, 9.17) is 18.9 Å². The van der Waals surface area contributed by atoms with E-state index in [0.717, 1.165) is 38.5 Å². The van der Waals surface area contributed by atoms with Crippen LogP contribution in [0.2, 0.25) is 0 Å². The van der Waals surface area contributed by atoms with Crippen molar-refractivity contribution in [2.75, 3.05) is 47.5 Å². The first-order valence-electron chi connectivity index (χ1n) is 35.8. The Hall–Kier alpha value is -1.97. The standard InChI is InChI=1S/C72H139NO8/c1-6-8-10-12-14-16-18-20-22-24-26-28-30-32-33-34-35-36-37-39-40-42-44-46-48-50-52-54-56-58-60-62-69(74)79-66-68(67-80-72(71(76)77)78-65-64-73(3,4)5)81-70(75)63-61-59-57-55-53-51-49-47-45-43-41-38-31-29-27-25-23-21-19-17-15-13-11-9-7-2/h25,27,68,72H,6-24,26,28-67H2,1-5H3/b27-25-. The van der Waals surface area contributed by atoms with E-state index in [-0.39, 0.29) is 32.2 Å². The summed E-state index contributed by atoms with van der Waals surface area (Å²) in [7, 11) is 5.95. The summed E-state index contributed by atoms with van der Waals surface area (Å²) in [6, 6.07) is 0. The van der Waals surface area contributed by atoms with Crippen molar-refractivity contribution in [3.05, 3.63) is 12.2 Å². The molecule has 480 valence electrons. The fourth-order valence-corrected chi connectivity index (χ4v) is 11.0. The highest BCUT2D eigenvalue weighted by Gasteiger charge is 2.22. The summed E-state index contributed by atoms with van der Waals surface area (Å²) in [6.07, 6.45) is 74.5. The molecule has 0 aromatic carbocycles. The number of likely N-dealkylation sites (N-methyl/N-ethyl adjacent to an activating group) is 1. The summed E-state index contributed by atoms with van der Waals surface area (Å²) >= 11 is 0. The number of unbranched alkanes of at least 4 members (excludes halogenated alkanes) is 51. The first-order valence-corrected chi connectivity index (χ1v) is 35.8. The summed E-state index contributed by atoms with van der Waals surface area (Å²) in [5.41, 5.74) is 0. The lowest BCUT2D eigenvalue weighted by molar-refractivity contribution is -0.870. The predicted molar refractivity (Wildman–Crippen MR) is 343 cm³/mol. The van der Waals surface area contributed by atoms with Gasteiger partial charge < -0.3 is 33.3 Å². The van der Waals surface area contributed by atoms with Gasteiger partial charge in [0.15, 0.2) is 12.4 Å². The molecule has 0 radical (unpaired) electrons. The maximum absolute atomic E-state index is 12.9. The molecule has 0 aromatic rings. The van der Waals surface area contributed by atoms with Crippen LogP contribution in [0.3, 0.4) is 0 Å². The largest absolute Gasteiger partial charge is 0.545 e. The molecule has 0 saturated heterocycles. The lowest BCUT2D eigenvalue weighted by Gasteiger charge is -2.26. The summed E-state index contributed by atoms with van der Waals surface area (Å²) < 4.78 is 22.8. The first-order chi connectivity index (χ1) is 39.6. The zero-order valence-corrected chi connectivity index (χ0v) is 54.9. The summed E-state index contributed by atoms with van der Waals surface area (Å²) in [6.45, 7) is 4.83. The van der Waals surface area contributed by atoms with Crippen molar-refractivity contribution >= 4 is 17.9 Å². The average molecular weight is 1150 g/mol. The monoisotopic (exact) mass is 1150 g/mol. The van der Waals surface area contributed by atoms with Crippen molar-refractivity contribution in [1.29, 1.82) is 0 Å². The number of ether oxygens (including phenoxy) is 4. The van der Waals surface area contributed by atoms with Crippen LogP contribution in [0, 0.1) is 0 Å². The Balaban J connectivity index is 4.03. The normalized spacial score (nSPS) is 12.7. The van der Waals surface area contributed by atoms with Crippen LogP contribution in [0.4, 0.5) is 0 Å². The SMILES string of the molecule is CCCCCCCCCC/C=C\CCCCCCCCCCCCCCCC(=O)OC(COC(=O)CCCCCCCCCCCCCCCCCCCCCCCCCCCCCCCCC)COC(OCC[N+](C)(C)C)C(=O)[O-]. The Kier molecular flexibility index (Phi) is 62.5. The Bertz CT molecular complexity index is 1330. The van der Waals surface area contributed by atoms with Crippen LogP contribution in [0.1, 0.15) is 373 Å². The van der Waals surface area contributed by atoms with E-state index in [1.54, 1.807) is 0 Å². The van der Waals surface area contributed by atoms with Gasteiger partial charge in [0.1, 0.15) is 13.2 Å². The number of rotatable bonds is 68. The molecular formula is C72H139NO8. The lowest BCUT2D eigenvalue weighted by Crippen LogP contribution is -2.44. The summed E-state index contributed by atoms with van der Waals surface area (Å²) in [4.78, 5) is 37.5. The second-order valence-corrected chi connectivity index (χ2v) is 25.9. The van der Waals surface area contributed by atoms with Gasteiger partial charge in [-0.15, -0.1) is 0 Å². The highest BCUT2D eigenvalue weighted by atomic mass is 16.7. The number of carboxylic acid groups (broad SMARTS) is 1. The third-order valence-electron chi connectivity index (χ3n) is 16.5. The number of quaternary nitrogens is 1. The maximum Gasteiger partial charge on any atom is 0.306 e. The molecule has 0 heterocycles. The van der Waals surface area contributed by atoms with Crippen LogP contribution < -0.4 is 5.11 Å². The van der Waals surface area contributed by atoms with Crippen LogP contribution in [0.15, 0.2) is 12.2 Å². The Morgan fingerprint density at radius 3 is 0.914 bits per heavy atom. The Morgan fingerprint density at radius 2 is 0.630 bits per heavy atom. The molecule has 0 rings (SSSR count). The van der Waals surface area contributed by atoms with E-state index in [1.165, 1.54) is 308 Å². The minimum absolute atomic E-state index is 0.152. The molecule has 0 spiro atoms. The number of hydrogen-bond donors (Lipinski definition) is 0. The molecule has 0 saturated carbocycles. The van der Waals surface area contributed by atoms with Gasteiger partial charge in [-0.3, -0.25) is 9.59 Å². The van der Waals surface area contributed by atoms with Gasteiger partial charge in [0, 0.05) is 12.8 Å². The quantitative estimate of drug-likeness (QED) is 0.0195. The van der Waals surface area contributed by atoms with Crippen molar-refractivity contribution in [2.24, 2.45) is 0 Å². The Morgan fingerprint density at radius 1 is 0.358 bits per heavy atom. The predicted octanol–water partition coefficient (Wildman–Crippen LogP) is 20.7. The molecule has 0 fully saturated rings. The van der Waals surface area contributed by atoms with Crippen molar-refractivity contribution < 1.29 is 42.9 Å². The van der Waals surface area contributed by atoms with Crippen molar-refractivity contribution in [3.63, 3.8) is 0 Å². The van der Waals surface area contributed by atoms with E-state index in [1.807, 2.05) is 21.1 Å². The van der Waals surface area contributed by atoms with Crippen LogP contribution >= 0.6 is 0 Å². The molecule has 2 atom stereocenters. The van der Waals surface area contributed by atoms with E-state index in [0.29, 0.717) is 17.4 Å². The van der Waals surface area contributed by atoms with Gasteiger partial charge in [-0.1, -0.05) is 334 Å². The summed E-state index contributed by atoms with van der Waals surface area (Å²) in [5.74, 6) is -2.25. The molecule has 0 aromatic heterocycles. The molecule has 0 N–H and O–H groups in total. The highest BCUT2D eigenvalue weighted by molar-refractivity contribution is 5.70.